The third kappa shape index (κ3) is 6.21. The number of fused-ring (bicyclic) bond motifs is 7. The summed E-state index contributed by atoms with van der Waals surface area (Å²) < 4.78 is 7.34. The SMILES string of the molecule is CC(C)(C)c1ccc(N2c3ccc(C(C)(C)C)cc3B3c4oc5ccc(C(C)(C)C)cc5c4N(c4ccc5c(c4)C(C)(C)CC5(C)C)c4cc(C(C)(C)C)cc2c43)cc1. The molecular formula is C55H65BN2O. The van der Waals surface area contributed by atoms with Crippen molar-refractivity contribution in [3.8, 4) is 0 Å². The molecule has 0 radical (unpaired) electrons. The van der Waals surface area contributed by atoms with Gasteiger partial charge in [-0.2, -0.15) is 0 Å². The van der Waals surface area contributed by atoms with Gasteiger partial charge >= 0.3 is 0 Å². The van der Waals surface area contributed by atoms with E-state index in [0.29, 0.717) is 0 Å². The molecule has 0 atom stereocenters. The number of nitrogens with zero attached hydrogens (tertiary/aromatic N) is 2. The molecule has 304 valence electrons. The van der Waals surface area contributed by atoms with Gasteiger partial charge in [-0.15, -0.1) is 0 Å². The molecule has 0 N–H and O–H groups in total. The minimum atomic E-state index is -0.104. The highest BCUT2D eigenvalue weighted by Gasteiger charge is 2.49. The minimum absolute atomic E-state index is 0.0203. The van der Waals surface area contributed by atoms with Gasteiger partial charge in [0.1, 0.15) is 5.58 Å². The average molecular weight is 781 g/mol. The second kappa shape index (κ2) is 12.4. The predicted octanol–water partition coefficient (Wildman–Crippen LogP) is 13.7. The van der Waals surface area contributed by atoms with Crippen LogP contribution >= 0.6 is 0 Å². The number of hydrogen-bond acceptors (Lipinski definition) is 3. The van der Waals surface area contributed by atoms with Crippen molar-refractivity contribution in [1.29, 1.82) is 0 Å². The van der Waals surface area contributed by atoms with Gasteiger partial charge in [0.05, 0.1) is 11.3 Å². The molecule has 3 heterocycles. The molecule has 1 aromatic heterocycles. The predicted molar refractivity (Wildman–Crippen MR) is 256 cm³/mol. The van der Waals surface area contributed by atoms with E-state index in [1.807, 2.05) is 0 Å². The average Bonchev–Trinajstić information content (AvgIpc) is 3.59. The molecule has 0 saturated heterocycles. The first kappa shape index (κ1) is 39.7. The molecule has 3 aliphatic rings. The highest BCUT2D eigenvalue weighted by molar-refractivity contribution is 7.00. The van der Waals surface area contributed by atoms with E-state index in [9.17, 15) is 0 Å². The quantitative estimate of drug-likeness (QED) is 0.163. The fraction of sp³-hybridized carbons (Fsp3) is 0.418. The lowest BCUT2D eigenvalue weighted by Gasteiger charge is -2.44. The maximum atomic E-state index is 7.34. The van der Waals surface area contributed by atoms with Crippen molar-refractivity contribution >= 4 is 68.4 Å². The van der Waals surface area contributed by atoms with Crippen LogP contribution < -0.4 is 26.4 Å². The Kier molecular flexibility index (Phi) is 8.38. The van der Waals surface area contributed by atoms with Gasteiger partial charge in [-0.05, 0) is 138 Å². The zero-order chi connectivity index (χ0) is 42.6. The van der Waals surface area contributed by atoms with Crippen LogP contribution in [0.5, 0.6) is 0 Å². The maximum Gasteiger partial charge on any atom is 0.297 e. The number of rotatable bonds is 2. The van der Waals surface area contributed by atoms with Crippen LogP contribution in [-0.4, -0.2) is 6.71 Å². The van der Waals surface area contributed by atoms with E-state index in [0.717, 1.165) is 17.7 Å². The standard InChI is InChI=1S/C55H65BN2O/c1-50(2,3)33-17-21-37(22-18-33)57-43-25-19-35(52(7,8)9)28-42(43)56-47-44(57)29-36(53(10,11)12)30-45(47)58(38-23-24-40-41(31-38)55(15,16)32-54(40,13)14)48-39-27-34(51(4,5)6)20-26-46(39)59-49(48)56/h17-31H,32H2,1-16H3. The van der Waals surface area contributed by atoms with Crippen LogP contribution in [0.25, 0.3) is 11.0 Å². The lowest BCUT2D eigenvalue weighted by atomic mass is 9.35. The van der Waals surface area contributed by atoms with Crippen molar-refractivity contribution < 1.29 is 4.42 Å². The van der Waals surface area contributed by atoms with Crippen molar-refractivity contribution in [3.05, 3.63) is 124 Å². The van der Waals surface area contributed by atoms with E-state index in [4.69, 9.17) is 4.42 Å². The molecule has 0 amide bonds. The smallest absolute Gasteiger partial charge is 0.297 e. The fourth-order valence-electron chi connectivity index (χ4n) is 10.6. The molecule has 6 aromatic rings. The summed E-state index contributed by atoms with van der Waals surface area (Å²) in [4.78, 5) is 5.15. The van der Waals surface area contributed by atoms with Crippen molar-refractivity contribution in [1.82, 2.24) is 0 Å². The van der Waals surface area contributed by atoms with E-state index < -0.39 is 0 Å². The first-order chi connectivity index (χ1) is 27.3. The fourth-order valence-corrected chi connectivity index (χ4v) is 10.6. The molecule has 3 nitrogen and oxygen atoms in total. The molecular weight excluding hydrogens is 715 g/mol. The van der Waals surface area contributed by atoms with Gasteiger partial charge in [-0.3, -0.25) is 0 Å². The molecule has 0 unspecified atom stereocenters. The number of hydrogen-bond donors (Lipinski definition) is 0. The van der Waals surface area contributed by atoms with Crippen molar-refractivity contribution in [2.24, 2.45) is 0 Å². The second-order valence-electron chi connectivity index (χ2n) is 23.6. The summed E-state index contributed by atoms with van der Waals surface area (Å²) in [6, 6.07) is 35.8. The zero-order valence-corrected chi connectivity index (χ0v) is 38.7. The summed E-state index contributed by atoms with van der Waals surface area (Å²) in [6.45, 7) is 37.5. The normalized spacial score (nSPS) is 16.9. The summed E-state index contributed by atoms with van der Waals surface area (Å²) in [5, 5.41) is 1.18. The van der Waals surface area contributed by atoms with Crippen LogP contribution in [0.2, 0.25) is 0 Å². The van der Waals surface area contributed by atoms with E-state index in [-0.39, 0.29) is 39.2 Å². The molecule has 2 aliphatic heterocycles. The Balaban J connectivity index is 1.43. The Bertz CT molecular complexity index is 2680. The monoisotopic (exact) mass is 781 g/mol. The van der Waals surface area contributed by atoms with Crippen LogP contribution in [0.15, 0.2) is 95.4 Å². The highest BCUT2D eigenvalue weighted by atomic mass is 16.3. The molecule has 0 saturated carbocycles. The molecule has 4 heteroatoms. The Morgan fingerprint density at radius 3 is 1.63 bits per heavy atom. The van der Waals surface area contributed by atoms with E-state index in [1.165, 1.54) is 83.8 Å². The summed E-state index contributed by atoms with van der Waals surface area (Å²) >= 11 is 0. The zero-order valence-electron chi connectivity index (χ0n) is 38.7. The van der Waals surface area contributed by atoms with E-state index >= 15 is 0 Å². The number of anilines is 6. The summed E-state index contributed by atoms with van der Waals surface area (Å²) in [7, 11) is 0. The molecule has 0 bridgehead atoms. The Morgan fingerprint density at radius 2 is 1.02 bits per heavy atom. The van der Waals surface area contributed by atoms with Gasteiger partial charge in [-0.1, -0.05) is 147 Å². The second-order valence-corrected chi connectivity index (χ2v) is 23.6. The molecule has 9 rings (SSSR count). The van der Waals surface area contributed by atoms with Gasteiger partial charge in [0, 0.05) is 33.8 Å². The molecule has 0 spiro atoms. The van der Waals surface area contributed by atoms with Crippen molar-refractivity contribution in [2.75, 3.05) is 9.80 Å². The third-order valence-electron chi connectivity index (χ3n) is 13.9. The summed E-state index contributed by atoms with van der Waals surface area (Å²) in [5.74, 6) is 0. The van der Waals surface area contributed by atoms with Gasteiger partial charge in [0.25, 0.3) is 6.71 Å². The summed E-state index contributed by atoms with van der Waals surface area (Å²) in [6.07, 6.45) is 1.13. The third-order valence-corrected chi connectivity index (χ3v) is 13.9. The van der Waals surface area contributed by atoms with Crippen LogP contribution in [-0.2, 0) is 32.5 Å². The van der Waals surface area contributed by atoms with Gasteiger partial charge in [0.2, 0.25) is 0 Å². The van der Waals surface area contributed by atoms with Gasteiger partial charge in [-0.25, -0.2) is 0 Å². The molecule has 1 aliphatic carbocycles. The Labute approximate surface area is 355 Å². The molecule has 59 heavy (non-hydrogen) atoms. The number of furan rings is 1. The number of benzene rings is 5. The Morgan fingerprint density at radius 1 is 0.492 bits per heavy atom. The van der Waals surface area contributed by atoms with Crippen molar-refractivity contribution in [3.63, 3.8) is 0 Å². The Hall–Kier alpha value is -4.70. The summed E-state index contributed by atoms with van der Waals surface area (Å²) in [5.41, 5.74) is 20.1. The largest absolute Gasteiger partial charge is 0.468 e. The maximum absolute atomic E-state index is 7.34. The topological polar surface area (TPSA) is 19.6 Å². The van der Waals surface area contributed by atoms with Crippen LogP contribution in [0, 0.1) is 0 Å². The lowest BCUT2D eigenvalue weighted by Crippen LogP contribution is -2.61. The molecule has 5 aromatic carbocycles. The van der Waals surface area contributed by atoms with E-state index in [2.05, 4.69) is 212 Å². The van der Waals surface area contributed by atoms with Crippen LogP contribution in [0.1, 0.15) is 151 Å². The first-order valence-electron chi connectivity index (χ1n) is 22.0. The van der Waals surface area contributed by atoms with Crippen molar-refractivity contribution in [2.45, 2.75) is 150 Å². The van der Waals surface area contributed by atoms with Gasteiger partial charge < -0.3 is 14.2 Å². The lowest BCUT2D eigenvalue weighted by molar-refractivity contribution is 0.403. The van der Waals surface area contributed by atoms with Crippen LogP contribution in [0.3, 0.4) is 0 Å². The first-order valence-corrected chi connectivity index (χ1v) is 22.0. The van der Waals surface area contributed by atoms with Crippen LogP contribution in [0.4, 0.5) is 34.1 Å². The van der Waals surface area contributed by atoms with Gasteiger partial charge in [0.15, 0.2) is 0 Å². The van der Waals surface area contributed by atoms with E-state index in [1.54, 1.807) is 0 Å². The molecule has 0 fully saturated rings. The highest BCUT2D eigenvalue weighted by Crippen LogP contribution is 2.53. The minimum Gasteiger partial charge on any atom is -0.468 e.